The third-order valence-electron chi connectivity index (χ3n) is 5.08. The molecular formula is C17H26N4O3. The standard InChI is InChI=1S/C17H26N4O3/c1-17(2,24-4)15(22)19-13-10-21(9-12(13)11-5-6-11)16-18-8-7-14(20-16)23-3/h7-8,11-13H,5-6,9-10H2,1-4H3,(H,19,22)/t12-,13+/m1/s1. The second kappa shape index (κ2) is 6.55. The smallest absolute Gasteiger partial charge is 0.251 e. The molecule has 1 N–H and O–H groups in total. The highest BCUT2D eigenvalue weighted by atomic mass is 16.5. The molecule has 0 bridgehead atoms. The van der Waals surface area contributed by atoms with Crippen molar-refractivity contribution in [3.05, 3.63) is 12.3 Å². The van der Waals surface area contributed by atoms with Gasteiger partial charge in [0, 0.05) is 38.4 Å². The van der Waals surface area contributed by atoms with Crippen molar-refractivity contribution in [2.24, 2.45) is 11.8 Å². The van der Waals surface area contributed by atoms with Gasteiger partial charge in [-0.2, -0.15) is 4.98 Å². The summed E-state index contributed by atoms with van der Waals surface area (Å²) >= 11 is 0. The fraction of sp³-hybridized carbons (Fsp3) is 0.706. The van der Waals surface area contributed by atoms with Crippen LogP contribution < -0.4 is 15.0 Å². The molecule has 2 heterocycles. The third-order valence-corrected chi connectivity index (χ3v) is 5.08. The normalized spacial score (nSPS) is 24.1. The Labute approximate surface area is 142 Å². The fourth-order valence-electron chi connectivity index (χ4n) is 3.18. The van der Waals surface area contributed by atoms with Gasteiger partial charge < -0.3 is 19.7 Å². The van der Waals surface area contributed by atoms with Crippen molar-refractivity contribution in [3.8, 4) is 5.88 Å². The van der Waals surface area contributed by atoms with Gasteiger partial charge in [-0.15, -0.1) is 0 Å². The molecule has 2 aliphatic rings. The van der Waals surface area contributed by atoms with Crippen molar-refractivity contribution < 1.29 is 14.3 Å². The molecule has 1 saturated heterocycles. The maximum Gasteiger partial charge on any atom is 0.251 e. The number of hydrogen-bond acceptors (Lipinski definition) is 6. The number of carbonyl (C=O) groups is 1. The molecule has 1 aliphatic heterocycles. The van der Waals surface area contributed by atoms with Crippen LogP contribution in [0.25, 0.3) is 0 Å². The molecule has 0 aromatic carbocycles. The third kappa shape index (κ3) is 3.45. The minimum absolute atomic E-state index is 0.0749. The zero-order chi connectivity index (χ0) is 17.3. The molecule has 1 aromatic heterocycles. The molecule has 1 aliphatic carbocycles. The topological polar surface area (TPSA) is 76.6 Å². The van der Waals surface area contributed by atoms with Crippen LogP contribution in [0.1, 0.15) is 26.7 Å². The van der Waals surface area contributed by atoms with Crippen molar-refractivity contribution in [2.45, 2.75) is 38.3 Å². The van der Waals surface area contributed by atoms with E-state index in [4.69, 9.17) is 9.47 Å². The molecule has 7 heteroatoms. The first kappa shape index (κ1) is 17.0. The summed E-state index contributed by atoms with van der Waals surface area (Å²) in [5.74, 6) is 2.24. The lowest BCUT2D eigenvalue weighted by atomic mass is 9.97. The fourth-order valence-corrected chi connectivity index (χ4v) is 3.18. The maximum atomic E-state index is 12.5. The Bertz CT molecular complexity index is 603. The molecule has 1 saturated carbocycles. The molecule has 2 atom stereocenters. The van der Waals surface area contributed by atoms with E-state index in [1.165, 1.54) is 12.8 Å². The Hall–Kier alpha value is -1.89. The summed E-state index contributed by atoms with van der Waals surface area (Å²) in [6.45, 7) is 5.13. The number of anilines is 1. The molecule has 0 spiro atoms. The van der Waals surface area contributed by atoms with Gasteiger partial charge >= 0.3 is 0 Å². The summed E-state index contributed by atoms with van der Waals surface area (Å²) in [6.07, 6.45) is 4.17. The number of amides is 1. The van der Waals surface area contributed by atoms with Crippen LogP contribution in [0.15, 0.2) is 12.3 Å². The van der Waals surface area contributed by atoms with Crippen LogP contribution in [0.4, 0.5) is 5.95 Å². The number of aromatic nitrogens is 2. The SMILES string of the molecule is COc1ccnc(N2C[C@H](NC(=O)C(C)(C)OC)[C@@H](C3CC3)C2)n1. The second-order valence-electron chi connectivity index (χ2n) is 7.10. The molecule has 7 nitrogen and oxygen atoms in total. The second-order valence-corrected chi connectivity index (χ2v) is 7.10. The quantitative estimate of drug-likeness (QED) is 0.843. The summed E-state index contributed by atoms with van der Waals surface area (Å²) in [4.78, 5) is 23.4. The van der Waals surface area contributed by atoms with E-state index in [9.17, 15) is 4.79 Å². The Kier molecular flexibility index (Phi) is 4.62. The van der Waals surface area contributed by atoms with Crippen LogP contribution in [0.5, 0.6) is 5.88 Å². The first-order chi connectivity index (χ1) is 11.4. The average Bonchev–Trinajstić information content (AvgIpc) is 3.35. The highest BCUT2D eigenvalue weighted by Crippen LogP contribution is 2.42. The monoisotopic (exact) mass is 334 g/mol. The van der Waals surface area contributed by atoms with Gasteiger partial charge in [0.05, 0.1) is 13.2 Å². The highest BCUT2D eigenvalue weighted by molar-refractivity contribution is 5.84. The number of nitrogens with one attached hydrogen (secondary N) is 1. The minimum Gasteiger partial charge on any atom is -0.481 e. The van der Waals surface area contributed by atoms with Gasteiger partial charge in [0.25, 0.3) is 5.91 Å². The summed E-state index contributed by atoms with van der Waals surface area (Å²) in [5.41, 5.74) is -0.825. The van der Waals surface area contributed by atoms with Crippen LogP contribution in [-0.2, 0) is 9.53 Å². The van der Waals surface area contributed by atoms with Crippen LogP contribution >= 0.6 is 0 Å². The lowest BCUT2D eigenvalue weighted by Crippen LogP contribution is -2.50. The summed E-state index contributed by atoms with van der Waals surface area (Å²) in [6, 6.07) is 1.83. The van der Waals surface area contributed by atoms with Gasteiger partial charge in [-0.05, 0) is 32.6 Å². The number of nitrogens with zero attached hydrogens (tertiary/aromatic N) is 3. The molecular weight excluding hydrogens is 308 g/mol. The van der Waals surface area contributed by atoms with Crippen molar-refractivity contribution in [3.63, 3.8) is 0 Å². The van der Waals surface area contributed by atoms with Gasteiger partial charge in [-0.25, -0.2) is 4.98 Å². The van der Waals surface area contributed by atoms with E-state index in [-0.39, 0.29) is 11.9 Å². The zero-order valence-electron chi connectivity index (χ0n) is 14.8. The minimum atomic E-state index is -0.825. The molecule has 132 valence electrons. The summed E-state index contributed by atoms with van der Waals surface area (Å²) < 4.78 is 10.5. The van der Waals surface area contributed by atoms with Crippen molar-refractivity contribution in [1.29, 1.82) is 0 Å². The van der Waals surface area contributed by atoms with Crippen molar-refractivity contribution in [1.82, 2.24) is 15.3 Å². The molecule has 1 aromatic rings. The number of methoxy groups -OCH3 is 2. The van der Waals surface area contributed by atoms with E-state index >= 15 is 0 Å². The molecule has 1 amide bonds. The summed E-state index contributed by atoms with van der Waals surface area (Å²) in [7, 11) is 3.15. The first-order valence-corrected chi connectivity index (χ1v) is 8.42. The molecule has 0 radical (unpaired) electrons. The lowest BCUT2D eigenvalue weighted by molar-refractivity contribution is -0.140. The van der Waals surface area contributed by atoms with Gasteiger partial charge in [0.15, 0.2) is 0 Å². The van der Waals surface area contributed by atoms with E-state index in [0.717, 1.165) is 6.54 Å². The molecule has 0 unspecified atom stereocenters. The Balaban J connectivity index is 1.73. The number of carbonyl (C=O) groups excluding carboxylic acids is 1. The van der Waals surface area contributed by atoms with Gasteiger partial charge in [0.2, 0.25) is 11.8 Å². The van der Waals surface area contributed by atoms with Gasteiger partial charge in [0.1, 0.15) is 5.60 Å². The lowest BCUT2D eigenvalue weighted by Gasteiger charge is -2.26. The van der Waals surface area contributed by atoms with Crippen LogP contribution in [0, 0.1) is 11.8 Å². The Morgan fingerprint density at radius 3 is 2.71 bits per heavy atom. The highest BCUT2D eigenvalue weighted by Gasteiger charge is 2.45. The predicted molar refractivity (Wildman–Crippen MR) is 90.0 cm³/mol. The predicted octanol–water partition coefficient (Wildman–Crippen LogP) is 1.24. The van der Waals surface area contributed by atoms with Gasteiger partial charge in [-0.3, -0.25) is 4.79 Å². The maximum absolute atomic E-state index is 12.5. The van der Waals surface area contributed by atoms with E-state index in [1.54, 1.807) is 40.3 Å². The zero-order valence-corrected chi connectivity index (χ0v) is 14.8. The Morgan fingerprint density at radius 2 is 2.08 bits per heavy atom. The van der Waals surface area contributed by atoms with E-state index < -0.39 is 5.60 Å². The van der Waals surface area contributed by atoms with E-state index in [2.05, 4.69) is 20.2 Å². The number of rotatable bonds is 6. The van der Waals surface area contributed by atoms with E-state index in [1.807, 2.05) is 0 Å². The largest absolute Gasteiger partial charge is 0.481 e. The van der Waals surface area contributed by atoms with Gasteiger partial charge in [-0.1, -0.05) is 0 Å². The average molecular weight is 334 g/mol. The van der Waals surface area contributed by atoms with Crippen molar-refractivity contribution >= 4 is 11.9 Å². The first-order valence-electron chi connectivity index (χ1n) is 8.42. The number of hydrogen-bond donors (Lipinski definition) is 1. The van der Waals surface area contributed by atoms with Crippen LogP contribution in [0.2, 0.25) is 0 Å². The molecule has 2 fully saturated rings. The van der Waals surface area contributed by atoms with Crippen LogP contribution in [-0.4, -0.2) is 54.8 Å². The summed E-state index contributed by atoms with van der Waals surface area (Å²) in [5, 5.41) is 3.18. The van der Waals surface area contributed by atoms with E-state index in [0.29, 0.717) is 30.2 Å². The molecule has 24 heavy (non-hydrogen) atoms. The van der Waals surface area contributed by atoms with Crippen molar-refractivity contribution in [2.75, 3.05) is 32.2 Å². The Morgan fingerprint density at radius 1 is 1.33 bits per heavy atom. The molecule has 3 rings (SSSR count). The number of ether oxygens (including phenoxy) is 2. The van der Waals surface area contributed by atoms with Crippen LogP contribution in [0.3, 0.4) is 0 Å².